The lowest BCUT2D eigenvalue weighted by Crippen LogP contribution is -2.14. The number of sulfonamides is 1. The Morgan fingerprint density at radius 3 is 2.65 bits per heavy atom. The molecule has 106 valence electrons. The van der Waals surface area contributed by atoms with Gasteiger partial charge < -0.3 is 5.11 Å². The van der Waals surface area contributed by atoms with Crippen molar-refractivity contribution in [1.82, 2.24) is 9.36 Å². The number of rotatable bonds is 4. The highest BCUT2D eigenvalue weighted by Crippen LogP contribution is 2.26. The van der Waals surface area contributed by atoms with Gasteiger partial charge in [-0.3, -0.25) is 4.72 Å². The van der Waals surface area contributed by atoms with Crippen molar-refractivity contribution in [2.24, 2.45) is 0 Å². The van der Waals surface area contributed by atoms with E-state index in [4.69, 9.17) is 5.11 Å². The molecule has 0 aliphatic rings. The monoisotopic (exact) mass is 377 g/mol. The molecule has 0 spiro atoms. The van der Waals surface area contributed by atoms with Gasteiger partial charge in [-0.1, -0.05) is 0 Å². The van der Waals surface area contributed by atoms with Gasteiger partial charge in [-0.25, -0.2) is 18.2 Å². The van der Waals surface area contributed by atoms with Crippen LogP contribution in [-0.4, -0.2) is 28.9 Å². The summed E-state index contributed by atoms with van der Waals surface area (Å²) in [4.78, 5) is 14.6. The maximum atomic E-state index is 12.2. The molecule has 7 nitrogen and oxygen atoms in total. The van der Waals surface area contributed by atoms with Gasteiger partial charge in [0.15, 0.2) is 0 Å². The summed E-state index contributed by atoms with van der Waals surface area (Å²) in [6.45, 7) is 1.64. The summed E-state index contributed by atoms with van der Waals surface area (Å²) >= 11 is 3.98. The normalized spacial score (nSPS) is 11.3. The van der Waals surface area contributed by atoms with Gasteiger partial charge in [-0.2, -0.15) is 4.37 Å². The molecule has 2 rings (SSSR count). The van der Waals surface area contributed by atoms with Crippen LogP contribution in [0.25, 0.3) is 0 Å². The molecule has 1 aromatic heterocycles. The van der Waals surface area contributed by atoms with Crippen LogP contribution in [-0.2, 0) is 10.0 Å². The number of carboxylic acids is 1. The SMILES string of the molecule is Cc1nsc(NS(=O)(=O)c2ccc(C(=O)O)cc2Br)n1. The first kappa shape index (κ1) is 14.9. The zero-order valence-corrected chi connectivity index (χ0v) is 13.2. The molecule has 0 amide bonds. The number of aromatic nitrogens is 2. The minimum atomic E-state index is -3.86. The predicted octanol–water partition coefficient (Wildman–Crippen LogP) is 2.11. The Morgan fingerprint density at radius 1 is 1.45 bits per heavy atom. The molecular formula is C10H8BrN3O4S2. The fourth-order valence-corrected chi connectivity index (χ4v) is 4.24. The van der Waals surface area contributed by atoms with Crippen molar-refractivity contribution in [2.45, 2.75) is 11.8 Å². The number of carbonyl (C=O) groups is 1. The summed E-state index contributed by atoms with van der Waals surface area (Å²) in [7, 11) is -3.86. The third-order valence-electron chi connectivity index (χ3n) is 2.22. The molecular weight excluding hydrogens is 370 g/mol. The van der Waals surface area contributed by atoms with Crippen molar-refractivity contribution >= 4 is 48.6 Å². The van der Waals surface area contributed by atoms with E-state index in [2.05, 4.69) is 30.0 Å². The first-order valence-electron chi connectivity index (χ1n) is 5.15. The molecule has 0 saturated carbocycles. The average Bonchev–Trinajstić information content (AvgIpc) is 2.73. The van der Waals surface area contributed by atoms with E-state index in [-0.39, 0.29) is 20.1 Å². The Hall–Kier alpha value is -1.52. The second-order valence-electron chi connectivity index (χ2n) is 3.70. The van der Waals surface area contributed by atoms with E-state index in [1.165, 1.54) is 18.2 Å². The number of hydrogen-bond acceptors (Lipinski definition) is 6. The average molecular weight is 378 g/mol. The Kier molecular flexibility index (Phi) is 4.06. The smallest absolute Gasteiger partial charge is 0.335 e. The van der Waals surface area contributed by atoms with Crippen molar-refractivity contribution in [2.75, 3.05) is 4.72 Å². The van der Waals surface area contributed by atoms with Gasteiger partial charge in [0.25, 0.3) is 10.0 Å². The number of benzene rings is 1. The number of nitrogens with one attached hydrogen (secondary N) is 1. The van der Waals surface area contributed by atoms with Crippen LogP contribution < -0.4 is 4.72 Å². The zero-order valence-electron chi connectivity index (χ0n) is 9.99. The quantitative estimate of drug-likeness (QED) is 0.844. The third kappa shape index (κ3) is 3.14. The van der Waals surface area contributed by atoms with Crippen LogP contribution in [0, 0.1) is 6.92 Å². The summed E-state index contributed by atoms with van der Waals surface area (Å²) in [5.74, 6) is -0.671. The summed E-state index contributed by atoms with van der Waals surface area (Å²) < 4.78 is 30.6. The van der Waals surface area contributed by atoms with Crippen LogP contribution in [0.15, 0.2) is 27.6 Å². The van der Waals surface area contributed by atoms with Gasteiger partial charge in [0.1, 0.15) is 10.7 Å². The highest BCUT2D eigenvalue weighted by Gasteiger charge is 2.20. The predicted molar refractivity (Wildman–Crippen MR) is 76.6 cm³/mol. The number of aryl methyl sites for hydroxylation is 1. The molecule has 0 bridgehead atoms. The molecule has 20 heavy (non-hydrogen) atoms. The van der Waals surface area contributed by atoms with Crippen LogP contribution in [0.3, 0.4) is 0 Å². The number of carboxylic acid groups (broad SMARTS) is 1. The van der Waals surface area contributed by atoms with Crippen LogP contribution in [0.1, 0.15) is 16.2 Å². The van der Waals surface area contributed by atoms with Crippen LogP contribution in [0.5, 0.6) is 0 Å². The van der Waals surface area contributed by atoms with E-state index < -0.39 is 16.0 Å². The topological polar surface area (TPSA) is 109 Å². The van der Waals surface area contributed by atoms with E-state index in [1.807, 2.05) is 0 Å². The Morgan fingerprint density at radius 2 is 2.15 bits per heavy atom. The van der Waals surface area contributed by atoms with E-state index in [1.54, 1.807) is 6.92 Å². The van der Waals surface area contributed by atoms with Gasteiger partial charge in [0.2, 0.25) is 5.13 Å². The minimum Gasteiger partial charge on any atom is -0.478 e. The summed E-state index contributed by atoms with van der Waals surface area (Å²) in [6.07, 6.45) is 0. The molecule has 0 fully saturated rings. The minimum absolute atomic E-state index is 0.0115. The van der Waals surface area contributed by atoms with E-state index in [9.17, 15) is 13.2 Å². The van der Waals surface area contributed by atoms with Crippen molar-refractivity contribution in [3.63, 3.8) is 0 Å². The second-order valence-corrected chi connectivity index (χ2v) is 6.96. The van der Waals surface area contributed by atoms with Crippen molar-refractivity contribution in [3.05, 3.63) is 34.1 Å². The Bertz CT molecular complexity index is 773. The van der Waals surface area contributed by atoms with Crippen LogP contribution in [0.4, 0.5) is 5.13 Å². The number of hydrogen-bond donors (Lipinski definition) is 2. The standard InChI is InChI=1S/C10H8BrN3O4S2/c1-5-12-10(19-13-5)14-20(17,18)8-3-2-6(9(15)16)4-7(8)11/h2-4H,1H3,(H,15,16)(H,12,13,14). The Labute approximate surface area is 127 Å². The van der Waals surface area contributed by atoms with Gasteiger partial charge in [0.05, 0.1) is 5.56 Å². The Balaban J connectivity index is 2.37. The molecule has 0 radical (unpaired) electrons. The first-order valence-corrected chi connectivity index (χ1v) is 8.20. The molecule has 1 aromatic carbocycles. The summed E-state index contributed by atoms with van der Waals surface area (Å²) in [5, 5.41) is 8.99. The number of anilines is 1. The largest absolute Gasteiger partial charge is 0.478 e. The number of halogens is 1. The maximum Gasteiger partial charge on any atom is 0.335 e. The van der Waals surface area contributed by atoms with E-state index in [0.717, 1.165) is 11.5 Å². The lowest BCUT2D eigenvalue weighted by molar-refractivity contribution is 0.0696. The summed E-state index contributed by atoms with van der Waals surface area (Å²) in [5.41, 5.74) is -0.0115. The van der Waals surface area contributed by atoms with Crippen LogP contribution >= 0.6 is 27.5 Å². The van der Waals surface area contributed by atoms with Crippen molar-refractivity contribution in [1.29, 1.82) is 0 Å². The fourth-order valence-electron chi connectivity index (χ4n) is 1.36. The molecule has 0 unspecified atom stereocenters. The zero-order chi connectivity index (χ0) is 14.9. The lowest BCUT2D eigenvalue weighted by atomic mass is 10.2. The summed E-state index contributed by atoms with van der Waals surface area (Å²) in [6, 6.07) is 3.65. The fraction of sp³-hybridized carbons (Fsp3) is 0.100. The maximum absolute atomic E-state index is 12.2. The molecule has 2 N–H and O–H groups in total. The van der Waals surface area contributed by atoms with Gasteiger partial charge in [0, 0.05) is 16.0 Å². The highest BCUT2D eigenvalue weighted by molar-refractivity contribution is 9.10. The number of aromatic carboxylic acids is 1. The molecule has 2 aromatic rings. The van der Waals surface area contributed by atoms with Gasteiger partial charge >= 0.3 is 5.97 Å². The molecule has 1 heterocycles. The number of nitrogens with zero attached hydrogens (tertiary/aromatic N) is 2. The third-order valence-corrected chi connectivity index (χ3v) is 5.38. The molecule has 0 atom stereocenters. The molecule has 10 heteroatoms. The van der Waals surface area contributed by atoms with E-state index >= 15 is 0 Å². The molecule has 0 aliphatic heterocycles. The van der Waals surface area contributed by atoms with E-state index in [0.29, 0.717) is 5.82 Å². The van der Waals surface area contributed by atoms with Crippen molar-refractivity contribution in [3.8, 4) is 0 Å². The molecule has 0 saturated heterocycles. The van der Waals surface area contributed by atoms with Crippen molar-refractivity contribution < 1.29 is 18.3 Å². The van der Waals surface area contributed by atoms with Gasteiger partial charge in [-0.15, -0.1) is 0 Å². The lowest BCUT2D eigenvalue weighted by Gasteiger charge is -2.07. The first-order chi connectivity index (χ1) is 9.29. The second kappa shape index (κ2) is 5.46. The van der Waals surface area contributed by atoms with Crippen LogP contribution in [0.2, 0.25) is 0 Å². The van der Waals surface area contributed by atoms with Gasteiger partial charge in [-0.05, 0) is 41.1 Å². The molecule has 0 aliphatic carbocycles. The highest BCUT2D eigenvalue weighted by atomic mass is 79.9.